The monoisotopic (exact) mass is 992 g/mol. The molecule has 10 rings (SSSR count). The Kier molecular flexibility index (Phi) is 12.2. The minimum Gasteiger partial charge on any atom is -0.501 e. The number of fused-ring (bicyclic) bond motifs is 4. The van der Waals surface area contributed by atoms with Gasteiger partial charge in [0.05, 0.1) is 33.8 Å². The second kappa shape index (κ2) is 17.6. The third kappa shape index (κ3) is 8.80. The molecule has 4 aromatic heterocycles. The van der Waals surface area contributed by atoms with Gasteiger partial charge in [0.1, 0.15) is 5.58 Å². The molecule has 0 spiro atoms. The third-order valence-corrected chi connectivity index (χ3v) is 12.0. The molecule has 0 atom stereocenters. The van der Waals surface area contributed by atoms with Crippen molar-refractivity contribution in [1.29, 1.82) is 0 Å². The van der Waals surface area contributed by atoms with Crippen molar-refractivity contribution >= 4 is 33.0 Å². The maximum Gasteiger partial charge on any atom is 0.159 e. The molecule has 7 heteroatoms. The zero-order valence-corrected chi connectivity index (χ0v) is 39.1. The Morgan fingerprint density at radius 2 is 1.35 bits per heavy atom. The van der Waals surface area contributed by atoms with E-state index >= 15 is 0 Å². The second-order valence-electron chi connectivity index (χ2n) is 18.5. The summed E-state index contributed by atoms with van der Waals surface area (Å²) in [5, 5.41) is 2.06. The van der Waals surface area contributed by atoms with Crippen molar-refractivity contribution in [3.05, 3.63) is 157 Å². The summed E-state index contributed by atoms with van der Waals surface area (Å²) in [4.78, 5) is 19.4. The number of rotatable bonds is 5. The standard InChI is InChI=1S/C32H31N4O.C23H22N.Ir/c1-31(2,3)26-18-27(32(4,5)6)35-29(34-26)19-15-16-25-22(17-19)20-11-10-12-21(28(20)37-25)30-33-23-13-8-9-14-24(23)36(30)7;1-3-7-18(8-4-1)19-11-13-20(14-12-19)22-15-16-24-23(17-22)21-9-5-2-6-10-21;/h8-11,13-18H,1-7H3;2,5-6,9,11-18H,1,3-4,7-8H2;/q2*-1;. The van der Waals surface area contributed by atoms with E-state index in [1.54, 1.807) is 0 Å². The van der Waals surface area contributed by atoms with E-state index in [1.807, 2.05) is 61.8 Å². The normalized spacial score (nSPS) is 13.5. The van der Waals surface area contributed by atoms with Crippen molar-refractivity contribution in [3.8, 4) is 45.2 Å². The Hall–Kier alpha value is -5.75. The number of imidazole rings is 1. The van der Waals surface area contributed by atoms with Crippen molar-refractivity contribution in [2.45, 2.75) is 90.4 Å². The Bertz CT molecular complexity index is 2950. The Balaban J connectivity index is 0.000000183. The first-order chi connectivity index (χ1) is 29.4. The molecule has 5 aromatic carbocycles. The summed E-state index contributed by atoms with van der Waals surface area (Å²) in [5.41, 5.74) is 13.4. The Morgan fingerprint density at radius 3 is 2.05 bits per heavy atom. The largest absolute Gasteiger partial charge is 0.501 e. The molecule has 1 fully saturated rings. The van der Waals surface area contributed by atoms with Crippen LogP contribution in [0.15, 0.2) is 132 Å². The molecule has 6 nitrogen and oxygen atoms in total. The molecule has 0 bridgehead atoms. The van der Waals surface area contributed by atoms with Crippen LogP contribution >= 0.6 is 0 Å². The summed E-state index contributed by atoms with van der Waals surface area (Å²) < 4.78 is 8.51. The Morgan fingerprint density at radius 1 is 0.645 bits per heavy atom. The van der Waals surface area contributed by atoms with Gasteiger partial charge in [-0.25, -0.2) is 9.97 Å². The first-order valence-electron chi connectivity index (χ1n) is 21.6. The van der Waals surface area contributed by atoms with Gasteiger partial charge in [-0.15, -0.1) is 54.1 Å². The van der Waals surface area contributed by atoms with Crippen molar-refractivity contribution in [2.75, 3.05) is 0 Å². The summed E-state index contributed by atoms with van der Waals surface area (Å²) in [6, 6.07) is 48.6. The minimum absolute atomic E-state index is 0. The molecular formula is C55H53IrN5O-2. The van der Waals surface area contributed by atoms with Crippen molar-refractivity contribution in [2.24, 2.45) is 7.05 Å². The van der Waals surface area contributed by atoms with E-state index in [2.05, 4.69) is 136 Å². The van der Waals surface area contributed by atoms with Gasteiger partial charge in [0.2, 0.25) is 0 Å². The van der Waals surface area contributed by atoms with Crippen molar-refractivity contribution < 1.29 is 24.5 Å². The summed E-state index contributed by atoms with van der Waals surface area (Å²) in [5.74, 6) is 2.34. The average Bonchev–Trinajstić information content (AvgIpc) is 3.83. The zero-order valence-electron chi connectivity index (χ0n) is 36.7. The van der Waals surface area contributed by atoms with E-state index in [0.717, 1.165) is 84.3 Å². The van der Waals surface area contributed by atoms with E-state index in [9.17, 15) is 0 Å². The molecule has 1 aliphatic rings. The summed E-state index contributed by atoms with van der Waals surface area (Å²) >= 11 is 0. The van der Waals surface area contributed by atoms with E-state index in [4.69, 9.17) is 19.4 Å². The van der Waals surface area contributed by atoms with E-state index in [0.29, 0.717) is 0 Å². The van der Waals surface area contributed by atoms with Gasteiger partial charge in [0.15, 0.2) is 5.82 Å². The molecular weight excluding hydrogens is 939 g/mol. The molecule has 0 saturated heterocycles. The smallest absolute Gasteiger partial charge is 0.159 e. The van der Waals surface area contributed by atoms with Crippen LogP contribution in [0.1, 0.15) is 96.5 Å². The molecule has 0 aliphatic heterocycles. The first kappa shape index (κ1) is 42.9. The molecule has 0 N–H and O–H groups in total. The van der Waals surface area contributed by atoms with Gasteiger partial charge in [0.25, 0.3) is 0 Å². The number of hydrogen-bond donors (Lipinski definition) is 0. The fourth-order valence-electron chi connectivity index (χ4n) is 8.45. The molecule has 1 radical (unpaired) electrons. The van der Waals surface area contributed by atoms with Gasteiger partial charge in [0, 0.05) is 55.1 Å². The van der Waals surface area contributed by atoms with Crippen molar-refractivity contribution in [1.82, 2.24) is 24.5 Å². The molecule has 1 saturated carbocycles. The van der Waals surface area contributed by atoms with Gasteiger partial charge in [-0.2, -0.15) is 0 Å². The van der Waals surface area contributed by atoms with Crippen LogP contribution in [0.25, 0.3) is 78.1 Å². The Labute approximate surface area is 379 Å². The molecule has 1 aliphatic carbocycles. The van der Waals surface area contributed by atoms with Crippen LogP contribution in [-0.4, -0.2) is 24.5 Å². The number of furan rings is 1. The maximum atomic E-state index is 6.41. The zero-order chi connectivity index (χ0) is 42.3. The predicted molar refractivity (Wildman–Crippen MR) is 250 cm³/mol. The number of benzene rings is 5. The predicted octanol–water partition coefficient (Wildman–Crippen LogP) is 14.3. The van der Waals surface area contributed by atoms with Crippen LogP contribution in [-0.2, 0) is 38.0 Å². The first-order valence-corrected chi connectivity index (χ1v) is 21.6. The number of nitrogens with zero attached hydrogens (tertiary/aromatic N) is 5. The van der Waals surface area contributed by atoms with Crippen LogP contribution in [0.2, 0.25) is 0 Å². The van der Waals surface area contributed by atoms with Gasteiger partial charge >= 0.3 is 0 Å². The minimum atomic E-state index is -0.0829. The average molecular weight is 992 g/mol. The summed E-state index contributed by atoms with van der Waals surface area (Å²) in [6.07, 6.45) is 8.76. The van der Waals surface area contributed by atoms with E-state index < -0.39 is 0 Å². The number of aryl methyl sites for hydroxylation is 1. The topological polar surface area (TPSA) is 69.6 Å². The summed E-state index contributed by atoms with van der Waals surface area (Å²) in [6.45, 7) is 13.2. The quantitative estimate of drug-likeness (QED) is 0.161. The number of aromatic nitrogens is 5. The van der Waals surface area contributed by atoms with Crippen LogP contribution in [0.4, 0.5) is 0 Å². The van der Waals surface area contributed by atoms with Gasteiger partial charge in [-0.1, -0.05) is 114 Å². The number of para-hydroxylation sites is 2. The van der Waals surface area contributed by atoms with Crippen LogP contribution in [0, 0.1) is 12.1 Å². The number of pyridine rings is 1. The third-order valence-electron chi connectivity index (χ3n) is 12.0. The van der Waals surface area contributed by atoms with Crippen LogP contribution < -0.4 is 0 Å². The second-order valence-corrected chi connectivity index (χ2v) is 18.5. The fourth-order valence-corrected chi connectivity index (χ4v) is 8.45. The molecule has 62 heavy (non-hydrogen) atoms. The molecule has 315 valence electrons. The van der Waals surface area contributed by atoms with Crippen molar-refractivity contribution in [3.63, 3.8) is 0 Å². The molecule has 9 aromatic rings. The SMILES string of the molecule is Cn1c(-c2[c-]ccc3c2oc2ccc(-c4nc(C(C)(C)C)cc(C(C)(C)C)n4)cc23)nc2ccccc21.[Ir].[c-]1ccccc1-c1cc(-c2ccc(C3CCCCC3)cc2)ccn1. The van der Waals surface area contributed by atoms with E-state index in [1.165, 1.54) is 48.8 Å². The van der Waals surface area contributed by atoms with Gasteiger partial charge in [-0.05, 0) is 83.6 Å². The van der Waals surface area contributed by atoms with E-state index in [-0.39, 0.29) is 30.9 Å². The van der Waals surface area contributed by atoms with Crippen LogP contribution in [0.5, 0.6) is 0 Å². The summed E-state index contributed by atoms with van der Waals surface area (Å²) in [7, 11) is 2.03. The maximum absolute atomic E-state index is 6.41. The van der Waals surface area contributed by atoms with Crippen LogP contribution in [0.3, 0.4) is 0 Å². The van der Waals surface area contributed by atoms with Gasteiger partial charge in [-0.3, -0.25) is 4.98 Å². The fraction of sp³-hybridized carbons (Fsp3) is 0.273. The number of hydrogen-bond acceptors (Lipinski definition) is 5. The van der Waals surface area contributed by atoms with Gasteiger partial charge < -0.3 is 14.0 Å². The molecule has 0 amide bonds. The molecule has 4 heterocycles. The molecule has 0 unspecified atom stereocenters.